The molecule has 1 amide bonds. The molecule has 1 fully saturated rings. The van der Waals surface area contributed by atoms with Crippen molar-refractivity contribution in [3.05, 3.63) is 29.8 Å². The Morgan fingerprint density at radius 1 is 1.29 bits per heavy atom. The summed E-state index contributed by atoms with van der Waals surface area (Å²) in [6, 6.07) is 7.86. The van der Waals surface area contributed by atoms with Crippen LogP contribution in [0.2, 0.25) is 0 Å². The lowest BCUT2D eigenvalue weighted by atomic mass is 9.99. The zero-order valence-electron chi connectivity index (χ0n) is 14.7. The molecule has 1 aromatic rings. The highest BCUT2D eigenvalue weighted by atomic mass is 16.5. The van der Waals surface area contributed by atoms with Crippen LogP contribution in [-0.2, 0) is 20.9 Å². The van der Waals surface area contributed by atoms with Crippen molar-refractivity contribution in [3.63, 3.8) is 0 Å². The number of carbonyl (C=O) groups is 1. The number of amides is 1. The van der Waals surface area contributed by atoms with Gasteiger partial charge in [0.05, 0.1) is 25.7 Å². The molecule has 24 heavy (non-hydrogen) atoms. The Labute approximate surface area is 145 Å². The first kappa shape index (κ1) is 18.9. The van der Waals surface area contributed by atoms with Crippen LogP contribution in [-0.4, -0.2) is 38.8 Å². The van der Waals surface area contributed by atoms with E-state index in [2.05, 4.69) is 17.6 Å². The van der Waals surface area contributed by atoms with E-state index in [-0.39, 0.29) is 11.8 Å². The zero-order chi connectivity index (χ0) is 17.0. The third-order valence-electron chi connectivity index (χ3n) is 4.15. The Kier molecular flexibility index (Phi) is 8.81. The normalized spacial score (nSPS) is 17.6. The monoisotopic (exact) mass is 334 g/mol. The Balaban J connectivity index is 1.69. The SMILES string of the molecule is CCCCOCCOCc1cccc(NC(=O)C2CCCNC2)c1. The molecule has 2 N–H and O–H groups in total. The number of benzene rings is 1. The predicted octanol–water partition coefficient (Wildman–Crippen LogP) is 2.96. The molecule has 5 heteroatoms. The second kappa shape index (κ2) is 11.2. The molecule has 2 rings (SSSR count). The van der Waals surface area contributed by atoms with Gasteiger partial charge in [-0.3, -0.25) is 4.79 Å². The van der Waals surface area contributed by atoms with Crippen molar-refractivity contribution < 1.29 is 14.3 Å². The minimum absolute atomic E-state index is 0.0684. The third-order valence-corrected chi connectivity index (χ3v) is 4.15. The van der Waals surface area contributed by atoms with Crippen molar-refractivity contribution in [2.75, 3.05) is 38.2 Å². The molecule has 0 radical (unpaired) electrons. The molecule has 1 heterocycles. The second-order valence-corrected chi connectivity index (χ2v) is 6.25. The molecule has 0 aliphatic carbocycles. The van der Waals surface area contributed by atoms with E-state index >= 15 is 0 Å². The summed E-state index contributed by atoms with van der Waals surface area (Å²) >= 11 is 0. The summed E-state index contributed by atoms with van der Waals surface area (Å²) in [5.41, 5.74) is 1.90. The Bertz CT molecular complexity index is 487. The van der Waals surface area contributed by atoms with Gasteiger partial charge in [0.25, 0.3) is 0 Å². The molecule has 1 unspecified atom stereocenters. The molecule has 0 bridgehead atoms. The summed E-state index contributed by atoms with van der Waals surface area (Å²) in [6.45, 7) is 6.49. The number of anilines is 1. The smallest absolute Gasteiger partial charge is 0.228 e. The highest BCUT2D eigenvalue weighted by Gasteiger charge is 2.20. The molecule has 134 valence electrons. The average Bonchev–Trinajstić information content (AvgIpc) is 2.62. The summed E-state index contributed by atoms with van der Waals surface area (Å²) < 4.78 is 11.1. The third kappa shape index (κ3) is 6.99. The van der Waals surface area contributed by atoms with Crippen LogP contribution in [0.3, 0.4) is 0 Å². The fourth-order valence-corrected chi connectivity index (χ4v) is 2.72. The number of ether oxygens (including phenoxy) is 2. The van der Waals surface area contributed by atoms with Gasteiger partial charge in [0.1, 0.15) is 0 Å². The van der Waals surface area contributed by atoms with E-state index in [0.717, 1.165) is 56.6 Å². The van der Waals surface area contributed by atoms with Crippen molar-refractivity contribution >= 4 is 11.6 Å². The first-order valence-electron chi connectivity index (χ1n) is 9.05. The van der Waals surface area contributed by atoms with Crippen LogP contribution >= 0.6 is 0 Å². The van der Waals surface area contributed by atoms with E-state index in [9.17, 15) is 4.79 Å². The quantitative estimate of drug-likeness (QED) is 0.646. The summed E-state index contributed by atoms with van der Waals surface area (Å²) in [6.07, 6.45) is 4.26. The highest BCUT2D eigenvalue weighted by molar-refractivity contribution is 5.92. The lowest BCUT2D eigenvalue weighted by molar-refractivity contribution is -0.120. The standard InChI is InChI=1S/C19H30N2O3/c1-2-3-10-23-11-12-24-15-16-6-4-8-18(13-16)21-19(22)17-7-5-9-20-14-17/h4,6,8,13,17,20H,2-3,5,7,9-12,14-15H2,1H3,(H,21,22). The van der Waals surface area contributed by atoms with Crippen molar-refractivity contribution in [2.45, 2.75) is 39.2 Å². The van der Waals surface area contributed by atoms with Gasteiger partial charge in [-0.2, -0.15) is 0 Å². The first-order valence-corrected chi connectivity index (χ1v) is 9.05. The molecule has 1 aromatic carbocycles. The molecule has 1 saturated heterocycles. The lowest BCUT2D eigenvalue weighted by Crippen LogP contribution is -2.37. The van der Waals surface area contributed by atoms with Crippen LogP contribution in [0.25, 0.3) is 0 Å². The van der Waals surface area contributed by atoms with Crippen LogP contribution < -0.4 is 10.6 Å². The summed E-state index contributed by atoms with van der Waals surface area (Å²) in [5, 5.41) is 6.29. The van der Waals surface area contributed by atoms with E-state index in [1.807, 2.05) is 24.3 Å². The van der Waals surface area contributed by atoms with Gasteiger partial charge in [-0.15, -0.1) is 0 Å². The van der Waals surface area contributed by atoms with Gasteiger partial charge in [-0.25, -0.2) is 0 Å². The zero-order valence-corrected chi connectivity index (χ0v) is 14.7. The molecule has 0 aromatic heterocycles. The summed E-state index contributed by atoms with van der Waals surface area (Å²) in [5.74, 6) is 0.170. The average molecular weight is 334 g/mol. The second-order valence-electron chi connectivity index (χ2n) is 6.25. The molecule has 0 saturated carbocycles. The van der Waals surface area contributed by atoms with E-state index in [0.29, 0.717) is 19.8 Å². The van der Waals surface area contributed by atoms with Gasteiger partial charge >= 0.3 is 0 Å². The fourth-order valence-electron chi connectivity index (χ4n) is 2.72. The largest absolute Gasteiger partial charge is 0.379 e. The van der Waals surface area contributed by atoms with E-state index in [1.54, 1.807) is 0 Å². The van der Waals surface area contributed by atoms with Crippen molar-refractivity contribution in [1.82, 2.24) is 5.32 Å². The number of hydrogen-bond donors (Lipinski definition) is 2. The fraction of sp³-hybridized carbons (Fsp3) is 0.632. The van der Waals surface area contributed by atoms with Crippen molar-refractivity contribution in [2.24, 2.45) is 5.92 Å². The van der Waals surface area contributed by atoms with Gasteiger partial charge in [-0.05, 0) is 43.5 Å². The van der Waals surface area contributed by atoms with Crippen LogP contribution in [0, 0.1) is 5.92 Å². The Hall–Kier alpha value is -1.43. The van der Waals surface area contributed by atoms with Gasteiger partial charge in [-0.1, -0.05) is 25.5 Å². The van der Waals surface area contributed by atoms with Crippen molar-refractivity contribution in [1.29, 1.82) is 0 Å². The summed E-state index contributed by atoms with van der Waals surface area (Å²) in [4.78, 5) is 12.3. The van der Waals surface area contributed by atoms with Crippen LogP contribution in [0.1, 0.15) is 38.2 Å². The minimum atomic E-state index is 0.0684. The van der Waals surface area contributed by atoms with E-state index < -0.39 is 0 Å². The molecular formula is C19H30N2O3. The molecule has 1 aliphatic heterocycles. The topological polar surface area (TPSA) is 59.6 Å². The van der Waals surface area contributed by atoms with Crippen LogP contribution in [0.4, 0.5) is 5.69 Å². The number of nitrogens with one attached hydrogen (secondary N) is 2. The van der Waals surface area contributed by atoms with E-state index in [1.165, 1.54) is 0 Å². The Morgan fingerprint density at radius 2 is 2.17 bits per heavy atom. The van der Waals surface area contributed by atoms with Crippen LogP contribution in [0.5, 0.6) is 0 Å². The summed E-state index contributed by atoms with van der Waals surface area (Å²) in [7, 11) is 0. The number of piperidine rings is 1. The minimum Gasteiger partial charge on any atom is -0.379 e. The Morgan fingerprint density at radius 3 is 2.96 bits per heavy atom. The number of hydrogen-bond acceptors (Lipinski definition) is 4. The lowest BCUT2D eigenvalue weighted by Gasteiger charge is -2.22. The molecule has 5 nitrogen and oxygen atoms in total. The molecule has 1 aliphatic rings. The molecular weight excluding hydrogens is 304 g/mol. The highest BCUT2D eigenvalue weighted by Crippen LogP contribution is 2.16. The van der Waals surface area contributed by atoms with Crippen LogP contribution in [0.15, 0.2) is 24.3 Å². The van der Waals surface area contributed by atoms with Gasteiger partial charge in [0, 0.05) is 18.8 Å². The van der Waals surface area contributed by atoms with Gasteiger partial charge in [0.2, 0.25) is 5.91 Å². The maximum absolute atomic E-state index is 12.3. The molecule has 1 atom stereocenters. The van der Waals surface area contributed by atoms with Crippen molar-refractivity contribution in [3.8, 4) is 0 Å². The van der Waals surface area contributed by atoms with E-state index in [4.69, 9.17) is 9.47 Å². The number of unbranched alkanes of at least 4 members (excludes halogenated alkanes) is 1. The van der Waals surface area contributed by atoms with Gasteiger partial charge in [0.15, 0.2) is 0 Å². The van der Waals surface area contributed by atoms with Gasteiger partial charge < -0.3 is 20.1 Å². The maximum Gasteiger partial charge on any atom is 0.228 e. The first-order chi connectivity index (χ1) is 11.8. The number of carbonyl (C=O) groups excluding carboxylic acids is 1. The maximum atomic E-state index is 12.3. The molecule has 0 spiro atoms. The number of rotatable bonds is 10. The predicted molar refractivity (Wildman–Crippen MR) is 96.0 cm³/mol.